The van der Waals surface area contributed by atoms with Gasteiger partial charge in [-0.1, -0.05) is 12.8 Å². The van der Waals surface area contributed by atoms with Crippen molar-refractivity contribution in [2.75, 3.05) is 14.2 Å². The van der Waals surface area contributed by atoms with E-state index >= 15 is 0 Å². The van der Waals surface area contributed by atoms with Crippen molar-refractivity contribution in [1.82, 2.24) is 4.98 Å². The fourth-order valence-electron chi connectivity index (χ4n) is 4.24. The van der Waals surface area contributed by atoms with Crippen LogP contribution < -0.4 is 9.47 Å². The quantitative estimate of drug-likeness (QED) is 0.533. The lowest BCUT2D eigenvalue weighted by Gasteiger charge is -2.27. The van der Waals surface area contributed by atoms with Crippen LogP contribution in [-0.4, -0.2) is 47.6 Å². The summed E-state index contributed by atoms with van der Waals surface area (Å²) in [4.78, 5) is 16.9. The third-order valence-electron chi connectivity index (χ3n) is 6.17. The molecule has 0 radical (unpaired) electrons. The summed E-state index contributed by atoms with van der Waals surface area (Å²) in [6.45, 7) is 5.43. The van der Waals surface area contributed by atoms with Crippen LogP contribution in [0.5, 0.6) is 11.5 Å². The van der Waals surface area contributed by atoms with E-state index in [0.29, 0.717) is 29.2 Å². The molecular formula is C24H33NO6S. The van der Waals surface area contributed by atoms with Crippen LogP contribution >= 0.6 is 11.3 Å². The lowest BCUT2D eigenvalue weighted by molar-refractivity contribution is -0.138. The second-order valence-electron chi connectivity index (χ2n) is 8.39. The molecule has 0 saturated heterocycles. The minimum absolute atomic E-state index is 0.0994. The summed E-state index contributed by atoms with van der Waals surface area (Å²) in [7, 11) is 3.18. The number of ether oxygens (including phenoxy) is 3. The van der Waals surface area contributed by atoms with Crippen molar-refractivity contribution in [3.63, 3.8) is 0 Å². The first kappa shape index (κ1) is 24.5. The molecule has 3 atom stereocenters. The molecule has 1 aliphatic rings. The predicted molar refractivity (Wildman–Crippen MR) is 123 cm³/mol. The van der Waals surface area contributed by atoms with Crippen LogP contribution in [0, 0.1) is 13.8 Å². The number of aliphatic hydroxyl groups is 1. The minimum Gasteiger partial charge on any atom is -0.496 e. The van der Waals surface area contributed by atoms with Gasteiger partial charge in [0.2, 0.25) is 0 Å². The van der Waals surface area contributed by atoms with E-state index < -0.39 is 24.1 Å². The molecule has 176 valence electrons. The molecule has 0 spiro atoms. The smallest absolute Gasteiger partial charge is 0.312 e. The molecule has 0 amide bonds. The van der Waals surface area contributed by atoms with Crippen LogP contribution in [0.1, 0.15) is 71.3 Å². The third kappa shape index (κ3) is 5.42. The highest BCUT2D eigenvalue weighted by Gasteiger charge is 2.30. The van der Waals surface area contributed by atoms with Crippen molar-refractivity contribution in [3.8, 4) is 11.5 Å². The number of nitrogens with zero attached hydrogens (tertiary/aromatic N) is 1. The molecule has 0 bridgehead atoms. The Morgan fingerprint density at radius 1 is 1.19 bits per heavy atom. The summed E-state index contributed by atoms with van der Waals surface area (Å²) < 4.78 is 17.3. The number of thiazole rings is 1. The zero-order valence-electron chi connectivity index (χ0n) is 19.4. The van der Waals surface area contributed by atoms with Gasteiger partial charge < -0.3 is 24.4 Å². The van der Waals surface area contributed by atoms with Crippen LogP contribution in [-0.2, 0) is 16.0 Å². The number of benzene rings is 1. The highest BCUT2D eigenvalue weighted by Crippen LogP contribution is 2.36. The highest BCUT2D eigenvalue weighted by atomic mass is 32.1. The monoisotopic (exact) mass is 463 g/mol. The van der Waals surface area contributed by atoms with Crippen LogP contribution in [0.3, 0.4) is 0 Å². The van der Waals surface area contributed by atoms with Crippen LogP contribution in [0.2, 0.25) is 0 Å². The highest BCUT2D eigenvalue weighted by molar-refractivity contribution is 7.11. The molecule has 2 aromatic rings. The molecule has 1 aromatic heterocycles. The Bertz CT molecular complexity index is 912. The van der Waals surface area contributed by atoms with Gasteiger partial charge in [0, 0.05) is 16.9 Å². The van der Waals surface area contributed by atoms with Crippen molar-refractivity contribution < 1.29 is 29.2 Å². The van der Waals surface area contributed by atoms with E-state index in [9.17, 15) is 15.0 Å². The molecule has 32 heavy (non-hydrogen) atoms. The first-order valence-corrected chi connectivity index (χ1v) is 11.8. The molecule has 2 N–H and O–H groups in total. The Kier molecular flexibility index (Phi) is 8.14. The fraction of sp³-hybridized carbons (Fsp3) is 0.583. The summed E-state index contributed by atoms with van der Waals surface area (Å²) in [6, 6.07) is 3.64. The Hall–Kier alpha value is -2.16. The molecule has 1 saturated carbocycles. The number of carboxylic acids is 1. The van der Waals surface area contributed by atoms with E-state index in [-0.39, 0.29) is 6.10 Å². The number of aryl methyl sites for hydroxylation is 1. The van der Waals surface area contributed by atoms with E-state index in [4.69, 9.17) is 14.2 Å². The average Bonchev–Trinajstić information content (AvgIpc) is 3.41. The Morgan fingerprint density at radius 2 is 1.78 bits per heavy atom. The van der Waals surface area contributed by atoms with Gasteiger partial charge in [0.25, 0.3) is 0 Å². The van der Waals surface area contributed by atoms with Crippen molar-refractivity contribution in [2.24, 2.45) is 0 Å². The van der Waals surface area contributed by atoms with Gasteiger partial charge in [0.05, 0.1) is 43.0 Å². The minimum atomic E-state index is -0.913. The molecule has 1 heterocycles. The maximum Gasteiger partial charge on any atom is 0.312 e. The van der Waals surface area contributed by atoms with Gasteiger partial charge in [-0.25, -0.2) is 4.98 Å². The van der Waals surface area contributed by atoms with Gasteiger partial charge in [-0.2, -0.15) is 0 Å². The van der Waals surface area contributed by atoms with Crippen molar-refractivity contribution in [1.29, 1.82) is 0 Å². The second-order valence-corrected chi connectivity index (χ2v) is 9.68. The Balaban J connectivity index is 1.91. The molecular weight excluding hydrogens is 430 g/mol. The first-order chi connectivity index (χ1) is 15.2. The molecule has 7 nitrogen and oxygen atoms in total. The summed E-state index contributed by atoms with van der Waals surface area (Å²) in [5.41, 5.74) is 2.09. The SMILES string of the molecule is COc1cc([C@@H](O)[C@H](Cc2nc(C(C)C(=O)O)c(C)s2)OC2CCCC2)cc(OC)c1C. The summed E-state index contributed by atoms with van der Waals surface area (Å²) in [5.74, 6) is -0.298. The van der Waals surface area contributed by atoms with Gasteiger partial charge in [-0.15, -0.1) is 11.3 Å². The number of hydrogen-bond acceptors (Lipinski definition) is 7. The van der Waals surface area contributed by atoms with E-state index in [0.717, 1.165) is 41.1 Å². The van der Waals surface area contributed by atoms with Gasteiger partial charge in [-0.05, 0) is 51.3 Å². The van der Waals surface area contributed by atoms with Crippen LogP contribution in [0.25, 0.3) is 0 Å². The summed E-state index contributed by atoms with van der Waals surface area (Å²) in [5, 5.41) is 21.5. The molecule has 1 fully saturated rings. The number of hydrogen-bond donors (Lipinski definition) is 2. The fourth-order valence-corrected chi connectivity index (χ4v) is 5.31. The number of rotatable bonds is 10. The van der Waals surface area contributed by atoms with Crippen molar-refractivity contribution in [2.45, 2.75) is 77.1 Å². The standard InChI is InChI=1S/C24H33NO6S/c1-13-18(29-4)10-16(11-19(13)30-5)23(26)20(31-17-8-6-7-9-17)12-21-25-22(15(3)32-21)14(2)24(27)28/h10-11,14,17,20,23,26H,6-9,12H2,1-5H3,(H,27,28)/t14?,20-,23+/m0/s1. The van der Waals surface area contributed by atoms with E-state index in [1.165, 1.54) is 11.3 Å². The average molecular weight is 464 g/mol. The number of carboxylic acid groups (broad SMARTS) is 1. The number of methoxy groups -OCH3 is 2. The van der Waals surface area contributed by atoms with Crippen LogP contribution in [0.4, 0.5) is 0 Å². The van der Waals surface area contributed by atoms with Crippen molar-refractivity contribution in [3.05, 3.63) is 38.8 Å². The molecule has 0 aliphatic heterocycles. The maximum absolute atomic E-state index is 11.4. The van der Waals surface area contributed by atoms with Crippen molar-refractivity contribution >= 4 is 17.3 Å². The zero-order chi connectivity index (χ0) is 23.4. The summed E-state index contributed by atoms with van der Waals surface area (Å²) >= 11 is 1.46. The molecule has 8 heteroatoms. The van der Waals surface area contributed by atoms with E-state index in [1.807, 2.05) is 26.0 Å². The number of aliphatic hydroxyl groups excluding tert-OH is 1. The lowest BCUT2D eigenvalue weighted by atomic mass is 9.99. The third-order valence-corrected chi connectivity index (χ3v) is 7.18. The molecule has 1 unspecified atom stereocenters. The molecule has 1 aromatic carbocycles. The number of carbonyl (C=O) groups is 1. The van der Waals surface area contributed by atoms with Gasteiger partial charge in [0.1, 0.15) is 17.6 Å². The second kappa shape index (κ2) is 10.6. The topological polar surface area (TPSA) is 98.1 Å². The zero-order valence-corrected chi connectivity index (χ0v) is 20.2. The first-order valence-electron chi connectivity index (χ1n) is 11.0. The number of aliphatic carboxylic acids is 1. The predicted octanol–water partition coefficient (Wildman–Crippen LogP) is 4.57. The van der Waals surface area contributed by atoms with E-state index in [2.05, 4.69) is 4.98 Å². The van der Waals surface area contributed by atoms with Gasteiger partial charge >= 0.3 is 5.97 Å². The largest absolute Gasteiger partial charge is 0.496 e. The normalized spacial score (nSPS) is 17.2. The molecule has 3 rings (SSSR count). The Morgan fingerprint density at radius 3 is 2.31 bits per heavy atom. The molecule has 1 aliphatic carbocycles. The maximum atomic E-state index is 11.4. The Labute approximate surface area is 193 Å². The lowest BCUT2D eigenvalue weighted by Crippen LogP contribution is -2.29. The summed E-state index contributed by atoms with van der Waals surface area (Å²) in [6.07, 6.45) is 3.25. The van der Waals surface area contributed by atoms with Gasteiger partial charge in [-0.3, -0.25) is 4.79 Å². The van der Waals surface area contributed by atoms with Gasteiger partial charge in [0.15, 0.2) is 0 Å². The van der Waals surface area contributed by atoms with E-state index in [1.54, 1.807) is 21.1 Å². The number of aromatic nitrogens is 1. The van der Waals surface area contributed by atoms with Crippen LogP contribution in [0.15, 0.2) is 12.1 Å².